The normalized spacial score (nSPS) is 15.2. The maximum Gasteiger partial charge on any atom is 0.311 e. The molecule has 6 nitrogen and oxygen atoms in total. The molecule has 2 aromatic rings. The van der Waals surface area contributed by atoms with Gasteiger partial charge in [-0.05, 0) is 31.9 Å². The number of nitrogens with zero attached hydrogens (tertiary/aromatic N) is 2. The van der Waals surface area contributed by atoms with Crippen LogP contribution in [0.25, 0.3) is 5.69 Å². The molecular weight excluding hydrogens is 318 g/mol. The van der Waals surface area contributed by atoms with Crippen LogP contribution in [0.1, 0.15) is 28.9 Å². The first-order chi connectivity index (χ1) is 10.9. The molecule has 1 aliphatic rings. The third kappa shape index (κ3) is 2.94. The average Bonchev–Trinajstić information content (AvgIpc) is 3.22. The molecule has 1 aromatic heterocycles. The number of hydrogen-bond acceptors (Lipinski definition) is 3. The summed E-state index contributed by atoms with van der Waals surface area (Å²) in [6, 6.07) is 7.20. The van der Waals surface area contributed by atoms with Gasteiger partial charge in [0.25, 0.3) is 5.91 Å². The summed E-state index contributed by atoms with van der Waals surface area (Å²) in [5.41, 5.74) is 0.851. The number of hydrogen-bond donors (Lipinski definition) is 2. The van der Waals surface area contributed by atoms with Crippen molar-refractivity contribution in [1.29, 1.82) is 0 Å². The molecule has 23 heavy (non-hydrogen) atoms. The number of carboxylic acid groups (broad SMARTS) is 1. The van der Waals surface area contributed by atoms with Crippen LogP contribution in [0.5, 0.6) is 0 Å². The number of aromatic nitrogens is 2. The van der Waals surface area contributed by atoms with Crippen LogP contribution in [0.2, 0.25) is 5.02 Å². The van der Waals surface area contributed by atoms with Crippen LogP contribution in [0.4, 0.5) is 0 Å². The Hall–Kier alpha value is -2.34. The molecule has 0 aliphatic heterocycles. The second kappa shape index (κ2) is 5.70. The quantitative estimate of drug-likeness (QED) is 0.880. The largest absolute Gasteiger partial charge is 0.481 e. The molecule has 0 atom stereocenters. The van der Waals surface area contributed by atoms with E-state index in [1.165, 1.54) is 0 Å². The van der Waals surface area contributed by atoms with Crippen molar-refractivity contribution in [1.82, 2.24) is 15.1 Å². The van der Waals surface area contributed by atoms with Crippen LogP contribution in [-0.4, -0.2) is 33.3 Å². The molecule has 1 aromatic carbocycles. The molecular formula is C16H16ClN3O3. The highest BCUT2D eigenvalue weighted by atomic mass is 35.5. The monoisotopic (exact) mass is 333 g/mol. The fraction of sp³-hybridized carbons (Fsp3) is 0.312. The summed E-state index contributed by atoms with van der Waals surface area (Å²) in [7, 11) is 0. The van der Waals surface area contributed by atoms with E-state index in [1.54, 1.807) is 29.9 Å². The number of carbonyl (C=O) groups is 2. The summed E-state index contributed by atoms with van der Waals surface area (Å²) in [5, 5.41) is 16.6. The molecule has 1 saturated carbocycles. The number of aliphatic carboxylic acids is 1. The minimum atomic E-state index is -0.865. The molecule has 1 amide bonds. The lowest BCUT2D eigenvalue weighted by Crippen LogP contribution is -2.34. The highest BCUT2D eigenvalue weighted by molar-refractivity contribution is 6.32. The number of amides is 1. The Morgan fingerprint density at radius 2 is 2.09 bits per heavy atom. The summed E-state index contributed by atoms with van der Waals surface area (Å²) in [5.74, 6) is -1.24. The Morgan fingerprint density at radius 1 is 1.39 bits per heavy atom. The molecule has 0 saturated heterocycles. The highest BCUT2D eigenvalue weighted by Crippen LogP contribution is 2.45. The first kappa shape index (κ1) is 15.6. The van der Waals surface area contributed by atoms with Gasteiger partial charge in [0.05, 0.1) is 16.1 Å². The van der Waals surface area contributed by atoms with Crippen LogP contribution >= 0.6 is 11.6 Å². The maximum atomic E-state index is 12.3. The fourth-order valence-electron chi connectivity index (χ4n) is 2.40. The van der Waals surface area contributed by atoms with Gasteiger partial charge in [0, 0.05) is 18.3 Å². The Bertz CT molecular complexity index is 781. The molecule has 0 radical (unpaired) electrons. The molecule has 1 aliphatic carbocycles. The standard InChI is InChI=1S/C16H16ClN3O3/c1-10-8-20(12-5-3-2-4-11(12)17)19-13(10)14(21)18-9-16(6-7-16)15(22)23/h2-5,8H,6-7,9H2,1H3,(H,18,21)(H,22,23). The summed E-state index contributed by atoms with van der Waals surface area (Å²) < 4.78 is 1.55. The smallest absolute Gasteiger partial charge is 0.311 e. The number of benzene rings is 1. The number of halogens is 1. The molecule has 0 spiro atoms. The Labute approximate surface area is 138 Å². The minimum Gasteiger partial charge on any atom is -0.481 e. The number of rotatable bonds is 5. The fourth-order valence-corrected chi connectivity index (χ4v) is 2.62. The van der Waals surface area contributed by atoms with E-state index in [2.05, 4.69) is 10.4 Å². The molecule has 7 heteroatoms. The second-order valence-corrected chi connectivity index (χ2v) is 6.23. The zero-order valence-electron chi connectivity index (χ0n) is 12.5. The minimum absolute atomic E-state index is 0.125. The van der Waals surface area contributed by atoms with Crippen LogP contribution < -0.4 is 5.32 Å². The van der Waals surface area contributed by atoms with Gasteiger partial charge in [-0.1, -0.05) is 23.7 Å². The first-order valence-electron chi connectivity index (χ1n) is 7.26. The van der Waals surface area contributed by atoms with E-state index in [4.69, 9.17) is 16.7 Å². The average molecular weight is 334 g/mol. The molecule has 120 valence electrons. The van der Waals surface area contributed by atoms with Gasteiger partial charge >= 0.3 is 5.97 Å². The lowest BCUT2D eigenvalue weighted by Gasteiger charge is -2.10. The van der Waals surface area contributed by atoms with Crippen molar-refractivity contribution in [3.8, 4) is 5.69 Å². The van der Waals surface area contributed by atoms with Gasteiger partial charge in [0.15, 0.2) is 5.69 Å². The Kier molecular flexibility index (Phi) is 3.85. The molecule has 1 heterocycles. The number of carbonyl (C=O) groups excluding carboxylic acids is 1. The van der Waals surface area contributed by atoms with Gasteiger partial charge in [0.1, 0.15) is 0 Å². The SMILES string of the molecule is Cc1cn(-c2ccccc2Cl)nc1C(=O)NCC1(C(=O)O)CC1. The van der Waals surface area contributed by atoms with E-state index >= 15 is 0 Å². The van der Waals surface area contributed by atoms with Crippen molar-refractivity contribution >= 4 is 23.5 Å². The lowest BCUT2D eigenvalue weighted by atomic mass is 10.1. The third-order valence-corrected chi connectivity index (χ3v) is 4.43. The van der Waals surface area contributed by atoms with Crippen LogP contribution in [0, 0.1) is 12.3 Å². The summed E-state index contributed by atoms with van der Waals surface area (Å²) in [4.78, 5) is 23.4. The molecule has 2 N–H and O–H groups in total. The molecule has 1 fully saturated rings. The van der Waals surface area contributed by atoms with Crippen molar-refractivity contribution < 1.29 is 14.7 Å². The lowest BCUT2D eigenvalue weighted by molar-refractivity contribution is -0.143. The van der Waals surface area contributed by atoms with Crippen molar-refractivity contribution in [2.75, 3.05) is 6.54 Å². The third-order valence-electron chi connectivity index (χ3n) is 4.11. The molecule has 0 unspecified atom stereocenters. The van der Waals surface area contributed by atoms with Gasteiger partial charge < -0.3 is 10.4 Å². The van der Waals surface area contributed by atoms with Gasteiger partial charge in [-0.25, -0.2) is 4.68 Å². The van der Waals surface area contributed by atoms with Crippen molar-refractivity contribution in [3.05, 3.63) is 46.7 Å². The topological polar surface area (TPSA) is 84.2 Å². The van der Waals surface area contributed by atoms with Crippen LogP contribution in [0.15, 0.2) is 30.5 Å². The van der Waals surface area contributed by atoms with Crippen LogP contribution in [-0.2, 0) is 4.79 Å². The van der Waals surface area contributed by atoms with Crippen molar-refractivity contribution in [3.63, 3.8) is 0 Å². The van der Waals surface area contributed by atoms with E-state index in [0.29, 0.717) is 29.1 Å². The number of para-hydroxylation sites is 1. The number of carboxylic acids is 1. The van der Waals surface area contributed by atoms with E-state index in [9.17, 15) is 9.59 Å². The maximum absolute atomic E-state index is 12.3. The predicted octanol–water partition coefficient (Wildman–Crippen LogP) is 2.43. The van der Waals surface area contributed by atoms with E-state index in [-0.39, 0.29) is 18.1 Å². The zero-order chi connectivity index (χ0) is 16.6. The van der Waals surface area contributed by atoms with Gasteiger partial charge in [-0.15, -0.1) is 0 Å². The summed E-state index contributed by atoms with van der Waals surface area (Å²) in [6.45, 7) is 1.90. The Morgan fingerprint density at radius 3 is 2.70 bits per heavy atom. The van der Waals surface area contributed by atoms with Gasteiger partial charge in [-0.2, -0.15) is 5.10 Å². The number of aryl methyl sites for hydroxylation is 1. The Balaban J connectivity index is 1.77. The molecule has 0 bridgehead atoms. The van der Waals surface area contributed by atoms with Gasteiger partial charge in [-0.3, -0.25) is 9.59 Å². The second-order valence-electron chi connectivity index (χ2n) is 5.82. The first-order valence-corrected chi connectivity index (χ1v) is 7.63. The summed E-state index contributed by atoms with van der Waals surface area (Å²) in [6.07, 6.45) is 2.91. The van der Waals surface area contributed by atoms with E-state index < -0.39 is 11.4 Å². The predicted molar refractivity (Wildman–Crippen MR) is 84.9 cm³/mol. The highest BCUT2D eigenvalue weighted by Gasteiger charge is 2.50. The van der Waals surface area contributed by atoms with Crippen molar-refractivity contribution in [2.45, 2.75) is 19.8 Å². The van der Waals surface area contributed by atoms with Crippen molar-refractivity contribution in [2.24, 2.45) is 5.41 Å². The van der Waals surface area contributed by atoms with Crippen LogP contribution in [0.3, 0.4) is 0 Å². The summed E-state index contributed by atoms with van der Waals surface area (Å²) >= 11 is 6.14. The zero-order valence-corrected chi connectivity index (χ0v) is 13.3. The van der Waals surface area contributed by atoms with E-state index in [1.807, 2.05) is 12.1 Å². The van der Waals surface area contributed by atoms with E-state index in [0.717, 1.165) is 0 Å². The molecule has 3 rings (SSSR count). The van der Waals surface area contributed by atoms with Gasteiger partial charge in [0.2, 0.25) is 0 Å². The number of nitrogens with one attached hydrogen (secondary N) is 1.